The molecule has 1 saturated carbocycles. The van der Waals surface area contributed by atoms with Crippen molar-refractivity contribution in [3.8, 4) is 5.82 Å². The summed E-state index contributed by atoms with van der Waals surface area (Å²) in [7, 11) is 0. The third kappa shape index (κ3) is 2.07. The first-order chi connectivity index (χ1) is 12.7. The Bertz CT molecular complexity index is 846. The molecule has 1 saturated heterocycles. The fourth-order valence-electron chi connectivity index (χ4n) is 4.84. The van der Waals surface area contributed by atoms with Gasteiger partial charge in [0.05, 0.1) is 11.4 Å². The summed E-state index contributed by atoms with van der Waals surface area (Å²) in [5.74, 6) is 1.32. The van der Waals surface area contributed by atoms with Gasteiger partial charge in [-0.05, 0) is 43.5 Å². The third-order valence-electron chi connectivity index (χ3n) is 6.35. The summed E-state index contributed by atoms with van der Waals surface area (Å²) in [6, 6.07) is 8.03. The zero-order valence-electron chi connectivity index (χ0n) is 14.8. The number of carbonyl (C=O) groups is 1. The number of amides is 1. The van der Waals surface area contributed by atoms with Crippen LogP contribution in [0.5, 0.6) is 0 Å². The van der Waals surface area contributed by atoms with Crippen LogP contribution in [0.1, 0.15) is 31.4 Å². The van der Waals surface area contributed by atoms with Crippen molar-refractivity contribution in [1.29, 1.82) is 0 Å². The molecule has 2 aromatic rings. The smallest absolute Gasteiger partial charge is 0.225 e. The van der Waals surface area contributed by atoms with Gasteiger partial charge in [-0.1, -0.05) is 6.42 Å². The van der Waals surface area contributed by atoms with Gasteiger partial charge < -0.3 is 14.4 Å². The van der Waals surface area contributed by atoms with E-state index < -0.39 is 6.67 Å². The molecule has 0 radical (unpaired) electrons. The van der Waals surface area contributed by atoms with Gasteiger partial charge in [0, 0.05) is 37.9 Å². The first kappa shape index (κ1) is 15.9. The Morgan fingerprint density at radius 3 is 2.96 bits per heavy atom. The van der Waals surface area contributed by atoms with Gasteiger partial charge in [-0.25, -0.2) is 9.37 Å². The normalized spacial score (nSPS) is 24.5. The monoisotopic (exact) mass is 354 g/mol. The highest BCUT2D eigenvalue weighted by atomic mass is 19.1. The average molecular weight is 354 g/mol. The predicted octanol–water partition coefficient (Wildman–Crippen LogP) is 2.89. The molecule has 0 N–H and O–H groups in total. The molecule has 4 heterocycles. The maximum Gasteiger partial charge on any atom is 0.225 e. The summed E-state index contributed by atoms with van der Waals surface area (Å²) in [5.41, 5.74) is 1.69. The van der Waals surface area contributed by atoms with Gasteiger partial charge in [-0.3, -0.25) is 4.79 Å². The topological polar surface area (TPSA) is 41.4 Å². The van der Waals surface area contributed by atoms with E-state index in [0.717, 1.165) is 49.4 Å². The number of anilines is 1. The van der Waals surface area contributed by atoms with E-state index in [1.165, 1.54) is 0 Å². The molecule has 5 nitrogen and oxygen atoms in total. The van der Waals surface area contributed by atoms with Crippen LogP contribution in [0.3, 0.4) is 0 Å². The van der Waals surface area contributed by atoms with Crippen molar-refractivity contribution in [1.82, 2.24) is 14.5 Å². The van der Waals surface area contributed by atoms with E-state index in [9.17, 15) is 9.18 Å². The van der Waals surface area contributed by atoms with Gasteiger partial charge in [0.25, 0.3) is 0 Å². The van der Waals surface area contributed by atoms with Gasteiger partial charge in [-0.15, -0.1) is 0 Å². The molecule has 5 rings (SSSR count). The van der Waals surface area contributed by atoms with E-state index in [1.54, 1.807) is 6.20 Å². The molecule has 6 heteroatoms. The van der Waals surface area contributed by atoms with Crippen molar-refractivity contribution >= 4 is 11.6 Å². The summed E-state index contributed by atoms with van der Waals surface area (Å²) in [5, 5.41) is 0. The minimum Gasteiger partial charge on any atom is -0.353 e. The average Bonchev–Trinajstić information content (AvgIpc) is 3.26. The largest absolute Gasteiger partial charge is 0.353 e. The van der Waals surface area contributed by atoms with Crippen LogP contribution < -0.4 is 4.90 Å². The van der Waals surface area contributed by atoms with Crippen molar-refractivity contribution in [2.45, 2.75) is 31.2 Å². The van der Waals surface area contributed by atoms with Gasteiger partial charge in [0.15, 0.2) is 5.82 Å². The number of hydrogen-bond acceptors (Lipinski definition) is 3. The third-order valence-corrected chi connectivity index (χ3v) is 6.35. The highest BCUT2D eigenvalue weighted by Gasteiger charge is 2.51. The number of alkyl halides is 1. The number of nitrogens with zero attached hydrogens (tertiary/aromatic N) is 4. The van der Waals surface area contributed by atoms with Crippen LogP contribution in [-0.4, -0.2) is 46.7 Å². The quantitative estimate of drug-likeness (QED) is 0.851. The van der Waals surface area contributed by atoms with Crippen LogP contribution in [0.15, 0.2) is 36.7 Å². The summed E-state index contributed by atoms with van der Waals surface area (Å²) < 4.78 is 15.6. The standard InChI is InChI=1S/C20H23FN4O/c21-9-13-25-16-6-2-10-22-18(16)24-11-3-7-17(24)20(25)8-12-23(14-20)19(26)15-4-1-5-15/h2-3,6-7,10-11,15H,1,4-5,8-9,12-14H2/t20-/m0/s1. The molecular weight excluding hydrogens is 331 g/mol. The molecular formula is C20H23FN4O. The summed E-state index contributed by atoms with van der Waals surface area (Å²) >= 11 is 0. The van der Waals surface area contributed by atoms with Gasteiger partial charge >= 0.3 is 0 Å². The van der Waals surface area contributed by atoms with Crippen molar-refractivity contribution < 1.29 is 9.18 Å². The van der Waals surface area contributed by atoms with Crippen LogP contribution in [0.4, 0.5) is 10.1 Å². The Morgan fingerprint density at radius 2 is 2.19 bits per heavy atom. The first-order valence-electron chi connectivity index (χ1n) is 9.50. The molecule has 2 aromatic heterocycles. The second-order valence-corrected chi connectivity index (χ2v) is 7.62. The van der Waals surface area contributed by atoms with Crippen LogP contribution in [0, 0.1) is 5.92 Å². The van der Waals surface area contributed by atoms with E-state index in [0.29, 0.717) is 13.1 Å². The molecule has 2 aliphatic heterocycles. The first-order valence-corrected chi connectivity index (χ1v) is 9.50. The molecule has 0 unspecified atom stereocenters. The lowest BCUT2D eigenvalue weighted by atomic mass is 9.84. The van der Waals surface area contributed by atoms with Crippen LogP contribution >= 0.6 is 0 Å². The van der Waals surface area contributed by atoms with Gasteiger partial charge in [-0.2, -0.15) is 0 Å². The minimum atomic E-state index is -0.423. The molecule has 1 spiro atoms. The van der Waals surface area contributed by atoms with E-state index >= 15 is 0 Å². The number of carbonyl (C=O) groups excluding carboxylic acids is 1. The molecule has 3 aliphatic rings. The number of fused-ring (bicyclic) bond motifs is 4. The SMILES string of the molecule is O=C(C1CCC1)N1CC[C@]2(C1)c1cccn1-c1ncccc1N2CCF. The van der Waals surface area contributed by atoms with Crippen molar-refractivity contribution in [3.05, 3.63) is 42.4 Å². The fraction of sp³-hybridized carbons (Fsp3) is 0.500. The van der Waals surface area contributed by atoms with Crippen molar-refractivity contribution in [3.63, 3.8) is 0 Å². The lowest BCUT2D eigenvalue weighted by Crippen LogP contribution is -2.54. The maximum absolute atomic E-state index is 13.5. The zero-order valence-corrected chi connectivity index (χ0v) is 14.8. The molecule has 1 aliphatic carbocycles. The Morgan fingerprint density at radius 1 is 1.31 bits per heavy atom. The maximum atomic E-state index is 13.5. The van der Waals surface area contributed by atoms with E-state index in [-0.39, 0.29) is 17.4 Å². The zero-order chi connectivity index (χ0) is 17.7. The Hall–Kier alpha value is -2.37. The highest BCUT2D eigenvalue weighted by molar-refractivity contribution is 5.80. The number of rotatable bonds is 3. The molecule has 2 fully saturated rings. The summed E-state index contributed by atoms with van der Waals surface area (Å²) in [6.07, 6.45) is 7.80. The van der Waals surface area contributed by atoms with E-state index in [4.69, 9.17) is 0 Å². The van der Waals surface area contributed by atoms with Gasteiger partial charge in [0.2, 0.25) is 5.91 Å². The number of hydrogen-bond donors (Lipinski definition) is 0. The number of halogens is 1. The molecule has 1 amide bonds. The Kier molecular flexibility index (Phi) is 3.55. The fourth-order valence-corrected chi connectivity index (χ4v) is 4.84. The predicted molar refractivity (Wildman–Crippen MR) is 97.1 cm³/mol. The van der Waals surface area contributed by atoms with Crippen molar-refractivity contribution in [2.75, 3.05) is 31.2 Å². The summed E-state index contributed by atoms with van der Waals surface area (Å²) in [4.78, 5) is 21.5. The summed E-state index contributed by atoms with van der Waals surface area (Å²) in [6.45, 7) is 1.25. The number of likely N-dealkylation sites (tertiary alicyclic amines) is 1. The molecule has 26 heavy (non-hydrogen) atoms. The second-order valence-electron chi connectivity index (χ2n) is 7.62. The lowest BCUT2D eigenvalue weighted by molar-refractivity contribution is -0.137. The molecule has 0 bridgehead atoms. The van der Waals surface area contributed by atoms with E-state index in [1.807, 2.05) is 29.3 Å². The minimum absolute atomic E-state index is 0.198. The Labute approximate surface area is 152 Å². The molecule has 1 atom stereocenters. The van der Waals surface area contributed by atoms with Gasteiger partial charge in [0.1, 0.15) is 12.2 Å². The molecule has 136 valence electrons. The van der Waals surface area contributed by atoms with Crippen LogP contribution in [-0.2, 0) is 10.3 Å². The number of pyridine rings is 1. The van der Waals surface area contributed by atoms with E-state index in [2.05, 4.69) is 20.5 Å². The van der Waals surface area contributed by atoms with Crippen molar-refractivity contribution in [2.24, 2.45) is 5.92 Å². The van der Waals surface area contributed by atoms with Crippen LogP contribution in [0.2, 0.25) is 0 Å². The Balaban J connectivity index is 1.58. The number of aromatic nitrogens is 2. The second kappa shape index (κ2) is 5.83. The molecule has 0 aromatic carbocycles. The highest BCUT2D eigenvalue weighted by Crippen LogP contribution is 2.47. The van der Waals surface area contributed by atoms with Crippen LogP contribution in [0.25, 0.3) is 5.82 Å². The lowest BCUT2D eigenvalue weighted by Gasteiger charge is -2.47.